The average Bonchev–Trinajstić information content (AvgIpc) is 1.80. The molecule has 9 heteroatoms. The van der Waals surface area contributed by atoms with Crippen molar-refractivity contribution in [2.75, 3.05) is 6.61 Å². The minimum atomic E-state index is -4.71. The average molecular weight is 208 g/mol. The monoisotopic (exact) mass is 208 g/mol. The first-order valence-corrected chi connectivity index (χ1v) is 3.95. The first kappa shape index (κ1) is 15.0. The van der Waals surface area contributed by atoms with Crippen LogP contribution in [0, 0.1) is 0 Å². The van der Waals surface area contributed by atoms with Crippen LogP contribution in [0.3, 0.4) is 0 Å². The molecule has 0 saturated carbocycles. The van der Waals surface area contributed by atoms with Gasteiger partial charge in [0.05, 0.1) is 12.6 Å². The third-order valence-electron chi connectivity index (χ3n) is 0.673. The van der Waals surface area contributed by atoms with E-state index in [2.05, 4.69) is 4.52 Å². The van der Waals surface area contributed by atoms with Gasteiger partial charge in [0, 0.05) is 0 Å². The Hall–Kier alpha value is 0.540. The summed E-state index contributed by atoms with van der Waals surface area (Å²) in [6, 6.07) is 0. The minimum absolute atomic E-state index is 0. The van der Waals surface area contributed by atoms with Crippen LogP contribution in [0.5, 0.6) is 0 Å². The zero-order chi connectivity index (χ0) is 9.07. The molecule has 0 saturated heterocycles. The quantitative estimate of drug-likeness (QED) is 0.310. The zero-order valence-corrected chi connectivity index (χ0v) is 9.10. The molecule has 0 aliphatic carbocycles. The summed E-state index contributed by atoms with van der Waals surface area (Å²) in [4.78, 5) is 25.7. The van der Waals surface area contributed by atoms with E-state index in [1.54, 1.807) is 0 Å². The van der Waals surface area contributed by atoms with E-state index in [0.29, 0.717) is 0 Å². The summed E-state index contributed by atoms with van der Waals surface area (Å²) < 4.78 is 13.6. The first-order chi connectivity index (χ1) is 4.83. The number of phosphoric acid groups is 1. The van der Waals surface area contributed by atoms with Gasteiger partial charge in [0.25, 0.3) is 0 Å². The Kier molecular flexibility index (Phi) is 7.60. The molecule has 1 unspecified atom stereocenters. The second kappa shape index (κ2) is 6.06. The molecule has 0 fully saturated rings. The van der Waals surface area contributed by atoms with E-state index in [1.165, 1.54) is 0 Å². The fourth-order valence-corrected chi connectivity index (χ4v) is 0.571. The second-order valence-corrected chi connectivity index (χ2v) is 2.86. The molecule has 1 atom stereocenters. The van der Waals surface area contributed by atoms with Gasteiger partial charge in [0.1, 0.15) is 6.10 Å². The van der Waals surface area contributed by atoms with Crippen LogP contribution in [0.2, 0.25) is 0 Å². The summed E-state index contributed by atoms with van der Waals surface area (Å²) in [7, 11) is -4.71. The Labute approximate surface area is 89.9 Å². The summed E-state index contributed by atoms with van der Waals surface area (Å²) in [5.74, 6) is -1.85. The molecule has 66 valence electrons. The van der Waals surface area contributed by atoms with Crippen molar-refractivity contribution in [2.45, 2.75) is 6.10 Å². The molecule has 0 spiro atoms. The van der Waals surface area contributed by atoms with Crippen molar-refractivity contribution in [3.05, 3.63) is 0 Å². The fraction of sp³-hybridized carbons (Fsp3) is 0.667. The Morgan fingerprint density at radius 1 is 1.58 bits per heavy atom. The predicted molar refractivity (Wildman–Crippen MR) is 29.0 cm³/mol. The number of hydrogen-bond acceptors (Lipinski definition) is 5. The van der Waals surface area contributed by atoms with Crippen LogP contribution < -0.4 is 34.7 Å². The maximum Gasteiger partial charge on any atom is 1.00 e. The van der Waals surface area contributed by atoms with Gasteiger partial charge in [-0.1, -0.05) is 0 Å². The van der Waals surface area contributed by atoms with Crippen LogP contribution in [0.25, 0.3) is 0 Å². The fourth-order valence-electron chi connectivity index (χ4n) is 0.236. The number of carbonyl (C=O) groups excluding carboxylic acids is 1. The molecule has 7 nitrogen and oxygen atoms in total. The minimum Gasteiger partial charge on any atom is -0.547 e. The van der Waals surface area contributed by atoms with Crippen LogP contribution in [0.1, 0.15) is 0 Å². The summed E-state index contributed by atoms with van der Waals surface area (Å²) in [5.41, 5.74) is 0. The van der Waals surface area contributed by atoms with E-state index in [-0.39, 0.29) is 29.6 Å². The number of aliphatic hydroxyl groups excluding tert-OH is 1. The maximum absolute atomic E-state index is 9.91. The number of aliphatic carboxylic acids is 1. The van der Waals surface area contributed by atoms with Gasteiger partial charge in [0.15, 0.2) is 0 Å². The summed E-state index contributed by atoms with van der Waals surface area (Å²) in [6.45, 7) is -0.993. The van der Waals surface area contributed by atoms with Crippen LogP contribution in [0.15, 0.2) is 0 Å². The molecule has 0 heterocycles. The number of carboxylic acids is 1. The van der Waals surface area contributed by atoms with E-state index in [4.69, 9.17) is 14.9 Å². The van der Waals surface area contributed by atoms with E-state index >= 15 is 0 Å². The van der Waals surface area contributed by atoms with Crippen LogP contribution in [0.4, 0.5) is 0 Å². The standard InChI is InChI=1S/C3H7O7P.Na/c4-2(3(5)6)1-10-11(7,8)9;/h2,4H,1H2,(H,5,6)(H2,7,8,9);/q;+1/p-1. The number of rotatable bonds is 4. The normalized spacial score (nSPS) is 13.2. The van der Waals surface area contributed by atoms with Crippen molar-refractivity contribution in [3.8, 4) is 0 Å². The van der Waals surface area contributed by atoms with Gasteiger partial charge < -0.3 is 24.8 Å². The van der Waals surface area contributed by atoms with Gasteiger partial charge in [-0.25, -0.2) is 4.57 Å². The van der Waals surface area contributed by atoms with Crippen molar-refractivity contribution < 1.29 is 63.4 Å². The molecule has 0 radical (unpaired) electrons. The molecule has 0 rings (SSSR count). The predicted octanol–water partition coefficient (Wildman–Crippen LogP) is -5.79. The van der Waals surface area contributed by atoms with Gasteiger partial charge in [-0.2, -0.15) is 0 Å². The van der Waals surface area contributed by atoms with Crippen LogP contribution in [-0.4, -0.2) is 33.6 Å². The van der Waals surface area contributed by atoms with Crippen molar-refractivity contribution in [3.63, 3.8) is 0 Å². The summed E-state index contributed by atoms with van der Waals surface area (Å²) in [5, 5.41) is 18.1. The smallest absolute Gasteiger partial charge is 0.547 e. The first-order valence-electron chi connectivity index (χ1n) is 2.42. The molecular formula is C3H6NaO7P. The molecule has 0 aromatic carbocycles. The van der Waals surface area contributed by atoms with Crippen LogP contribution >= 0.6 is 7.82 Å². The Bertz CT molecular complexity index is 187. The van der Waals surface area contributed by atoms with Gasteiger partial charge in [-0.3, -0.25) is 4.52 Å². The van der Waals surface area contributed by atoms with Crippen molar-refractivity contribution in [1.29, 1.82) is 0 Å². The molecule has 3 N–H and O–H groups in total. The maximum atomic E-state index is 9.91. The summed E-state index contributed by atoms with van der Waals surface area (Å²) in [6.07, 6.45) is -2.03. The van der Waals surface area contributed by atoms with Gasteiger partial charge in [0.2, 0.25) is 0 Å². The van der Waals surface area contributed by atoms with E-state index in [1.807, 2.05) is 0 Å². The van der Waals surface area contributed by atoms with Crippen molar-refractivity contribution in [2.24, 2.45) is 0 Å². The number of hydrogen-bond donors (Lipinski definition) is 3. The number of phosphoric ester groups is 1. The van der Waals surface area contributed by atoms with Crippen LogP contribution in [-0.2, 0) is 13.9 Å². The second-order valence-electron chi connectivity index (χ2n) is 1.62. The molecule has 0 aromatic heterocycles. The van der Waals surface area contributed by atoms with Gasteiger partial charge >= 0.3 is 37.4 Å². The SMILES string of the molecule is O=C([O-])C(O)COP(=O)(O)O.[Na+]. The number of carboxylic acid groups (broad SMARTS) is 1. The molecule has 0 bridgehead atoms. The van der Waals surface area contributed by atoms with Gasteiger partial charge in [-0.05, 0) is 0 Å². The molecule has 12 heavy (non-hydrogen) atoms. The summed E-state index contributed by atoms with van der Waals surface area (Å²) >= 11 is 0. The topological polar surface area (TPSA) is 127 Å². The molecule has 0 amide bonds. The third kappa shape index (κ3) is 8.63. The Morgan fingerprint density at radius 3 is 2.25 bits per heavy atom. The number of aliphatic hydroxyl groups is 1. The molecule has 0 aliphatic heterocycles. The molecule has 0 aliphatic rings. The van der Waals surface area contributed by atoms with Crippen molar-refractivity contribution in [1.82, 2.24) is 0 Å². The van der Waals surface area contributed by atoms with Crippen molar-refractivity contribution >= 4 is 13.8 Å². The Morgan fingerprint density at radius 2 is 2.00 bits per heavy atom. The Balaban J connectivity index is 0. The van der Waals surface area contributed by atoms with Gasteiger partial charge in [-0.15, -0.1) is 0 Å². The van der Waals surface area contributed by atoms with E-state index in [9.17, 15) is 14.5 Å². The van der Waals surface area contributed by atoms with E-state index in [0.717, 1.165) is 0 Å². The van der Waals surface area contributed by atoms with E-state index < -0.39 is 26.5 Å². The largest absolute Gasteiger partial charge is 1.00 e. The zero-order valence-electron chi connectivity index (χ0n) is 6.21. The molecular weight excluding hydrogens is 202 g/mol. The number of carbonyl (C=O) groups is 1. The molecule has 0 aromatic rings. The third-order valence-corrected chi connectivity index (χ3v) is 1.16.